The van der Waals surface area contributed by atoms with E-state index in [1.165, 1.54) is 10.7 Å². The highest BCUT2D eigenvalue weighted by atomic mass is 19.1. The van der Waals surface area contributed by atoms with E-state index in [-0.39, 0.29) is 30.1 Å². The van der Waals surface area contributed by atoms with Gasteiger partial charge >= 0.3 is 0 Å². The minimum atomic E-state index is -0.363. The summed E-state index contributed by atoms with van der Waals surface area (Å²) in [6.45, 7) is 5.56. The Morgan fingerprint density at radius 3 is 2.71 bits per heavy atom. The Bertz CT molecular complexity index is 1290. The summed E-state index contributed by atoms with van der Waals surface area (Å²) in [6.07, 6.45) is 1.62. The first-order valence-electron chi connectivity index (χ1n) is 9.95. The molecule has 0 bridgehead atoms. The number of carbonyl (C=O) groups excluding carboxylic acids is 2. The summed E-state index contributed by atoms with van der Waals surface area (Å²) in [5.41, 5.74) is 3.38. The van der Waals surface area contributed by atoms with Crippen molar-refractivity contribution in [3.05, 3.63) is 71.4 Å². The predicted molar refractivity (Wildman–Crippen MR) is 115 cm³/mol. The highest BCUT2D eigenvalue weighted by Crippen LogP contribution is 2.24. The van der Waals surface area contributed by atoms with Gasteiger partial charge in [-0.1, -0.05) is 32.0 Å². The number of aromatic amines is 1. The van der Waals surface area contributed by atoms with E-state index in [4.69, 9.17) is 0 Å². The van der Waals surface area contributed by atoms with Crippen LogP contribution in [0.2, 0.25) is 0 Å². The molecule has 2 N–H and O–H groups in total. The number of nitrogens with zero attached hydrogens (tertiary/aromatic N) is 3. The van der Waals surface area contributed by atoms with Gasteiger partial charge in [0.15, 0.2) is 0 Å². The fraction of sp³-hybridized carbons (Fsp3) is 0.217. The third kappa shape index (κ3) is 3.96. The average Bonchev–Trinajstić information content (AvgIpc) is 3.35. The number of carbonyl (C=O) groups is 2. The topological polar surface area (TPSA) is 92.7 Å². The van der Waals surface area contributed by atoms with Gasteiger partial charge in [0.25, 0.3) is 5.91 Å². The van der Waals surface area contributed by atoms with Gasteiger partial charge in [-0.05, 0) is 31.2 Å². The van der Waals surface area contributed by atoms with Crippen LogP contribution in [0.5, 0.6) is 0 Å². The molecular weight excluding hydrogens is 397 g/mol. The summed E-state index contributed by atoms with van der Waals surface area (Å²) in [6, 6.07) is 11.7. The molecule has 3 heterocycles. The second-order valence-corrected chi connectivity index (χ2v) is 7.64. The molecule has 0 fully saturated rings. The molecule has 1 amide bonds. The highest BCUT2D eigenvalue weighted by molar-refractivity contribution is 5.97. The van der Waals surface area contributed by atoms with Crippen molar-refractivity contribution in [3.63, 3.8) is 0 Å². The number of halogens is 1. The summed E-state index contributed by atoms with van der Waals surface area (Å²) < 4.78 is 15.1. The SMILES string of the molecule is Cc1c(-c2ccc3cc(C(=O)NCc4ccccc4F)[nH]c3n2)cnn1C(=O)C(C)C. The molecule has 158 valence electrons. The largest absolute Gasteiger partial charge is 0.347 e. The summed E-state index contributed by atoms with van der Waals surface area (Å²) in [5, 5.41) is 7.69. The van der Waals surface area contributed by atoms with Crippen LogP contribution >= 0.6 is 0 Å². The Balaban J connectivity index is 1.57. The van der Waals surface area contributed by atoms with Gasteiger partial charge in [0, 0.05) is 29.0 Å². The highest BCUT2D eigenvalue weighted by Gasteiger charge is 2.18. The maximum Gasteiger partial charge on any atom is 0.268 e. The van der Waals surface area contributed by atoms with E-state index in [9.17, 15) is 14.0 Å². The lowest BCUT2D eigenvalue weighted by molar-refractivity contribution is 0.0835. The van der Waals surface area contributed by atoms with Gasteiger partial charge in [-0.25, -0.2) is 14.1 Å². The van der Waals surface area contributed by atoms with E-state index >= 15 is 0 Å². The number of amides is 1. The molecule has 0 atom stereocenters. The Kier molecular flexibility index (Phi) is 5.37. The zero-order valence-electron chi connectivity index (χ0n) is 17.4. The third-order valence-corrected chi connectivity index (χ3v) is 5.11. The van der Waals surface area contributed by atoms with Gasteiger partial charge in [0.05, 0.1) is 17.6 Å². The van der Waals surface area contributed by atoms with Crippen LogP contribution < -0.4 is 5.32 Å². The number of benzene rings is 1. The number of pyridine rings is 1. The van der Waals surface area contributed by atoms with Crippen LogP contribution in [0.15, 0.2) is 48.7 Å². The molecular formula is C23H22FN5O2. The number of rotatable bonds is 5. The Labute approximate surface area is 178 Å². The van der Waals surface area contributed by atoms with Gasteiger partial charge in [-0.2, -0.15) is 5.10 Å². The molecule has 0 aliphatic rings. The Morgan fingerprint density at radius 1 is 1.19 bits per heavy atom. The van der Waals surface area contributed by atoms with Crippen molar-refractivity contribution in [1.82, 2.24) is 25.1 Å². The van der Waals surface area contributed by atoms with E-state index in [2.05, 4.69) is 20.4 Å². The fourth-order valence-corrected chi connectivity index (χ4v) is 3.32. The van der Waals surface area contributed by atoms with Crippen molar-refractivity contribution in [2.75, 3.05) is 0 Å². The predicted octanol–water partition coefficient (Wildman–Crippen LogP) is 4.10. The van der Waals surface area contributed by atoms with E-state index in [1.54, 1.807) is 30.5 Å². The van der Waals surface area contributed by atoms with Crippen molar-refractivity contribution < 1.29 is 14.0 Å². The van der Waals surface area contributed by atoms with Crippen LogP contribution in [0.4, 0.5) is 4.39 Å². The number of hydrogen-bond acceptors (Lipinski definition) is 4. The molecule has 0 unspecified atom stereocenters. The number of aromatic nitrogens is 4. The monoisotopic (exact) mass is 419 g/mol. The first kappa shape index (κ1) is 20.5. The molecule has 0 saturated heterocycles. The lowest BCUT2D eigenvalue weighted by Gasteiger charge is -2.06. The van der Waals surface area contributed by atoms with Gasteiger partial charge in [-0.15, -0.1) is 0 Å². The third-order valence-electron chi connectivity index (χ3n) is 5.11. The standard InChI is InChI=1S/C23H22FN5O2/c1-13(2)23(31)29-14(3)17(12-26-29)19-9-8-15-10-20(28-21(15)27-19)22(30)25-11-16-6-4-5-7-18(16)24/h4-10,12-13H,11H2,1-3H3,(H,25,30)(H,27,28). The minimum absolute atomic E-state index is 0.0847. The molecule has 0 aliphatic carbocycles. The van der Waals surface area contributed by atoms with E-state index in [0.717, 1.165) is 10.9 Å². The molecule has 8 heteroatoms. The number of fused-ring (bicyclic) bond motifs is 1. The quantitative estimate of drug-likeness (QED) is 0.509. The zero-order valence-corrected chi connectivity index (χ0v) is 17.4. The average molecular weight is 419 g/mol. The molecule has 7 nitrogen and oxygen atoms in total. The summed E-state index contributed by atoms with van der Waals surface area (Å²) in [4.78, 5) is 32.4. The van der Waals surface area contributed by atoms with Gasteiger partial charge in [-0.3, -0.25) is 9.59 Å². The van der Waals surface area contributed by atoms with Crippen LogP contribution in [0, 0.1) is 18.7 Å². The van der Waals surface area contributed by atoms with E-state index < -0.39 is 0 Å². The van der Waals surface area contributed by atoms with Crippen molar-refractivity contribution in [2.45, 2.75) is 27.3 Å². The molecule has 0 aliphatic heterocycles. The van der Waals surface area contributed by atoms with Gasteiger partial charge < -0.3 is 10.3 Å². The van der Waals surface area contributed by atoms with Crippen molar-refractivity contribution in [3.8, 4) is 11.3 Å². The molecule has 1 aromatic carbocycles. The Hall–Kier alpha value is -3.81. The summed E-state index contributed by atoms with van der Waals surface area (Å²) in [5.74, 6) is -0.971. The number of hydrogen-bond donors (Lipinski definition) is 2. The van der Waals surface area contributed by atoms with Crippen LogP contribution in [0.1, 0.15) is 40.4 Å². The van der Waals surface area contributed by atoms with Crippen molar-refractivity contribution in [2.24, 2.45) is 5.92 Å². The molecule has 31 heavy (non-hydrogen) atoms. The normalized spacial score (nSPS) is 11.3. The van der Waals surface area contributed by atoms with E-state index in [1.807, 2.05) is 32.9 Å². The minimum Gasteiger partial charge on any atom is -0.347 e. The molecule has 0 radical (unpaired) electrons. The molecule has 0 saturated carbocycles. The second kappa shape index (κ2) is 8.14. The van der Waals surface area contributed by atoms with Gasteiger partial charge in [0.2, 0.25) is 5.91 Å². The molecule has 3 aromatic heterocycles. The first-order chi connectivity index (χ1) is 14.8. The van der Waals surface area contributed by atoms with Gasteiger partial charge in [0.1, 0.15) is 17.2 Å². The van der Waals surface area contributed by atoms with Crippen LogP contribution in [-0.2, 0) is 6.54 Å². The van der Waals surface area contributed by atoms with Crippen LogP contribution in [0.3, 0.4) is 0 Å². The lowest BCUT2D eigenvalue weighted by Crippen LogP contribution is -2.23. The molecule has 4 rings (SSSR count). The molecule has 4 aromatic rings. The fourth-order valence-electron chi connectivity index (χ4n) is 3.32. The summed E-state index contributed by atoms with van der Waals surface area (Å²) in [7, 11) is 0. The smallest absolute Gasteiger partial charge is 0.268 e. The second-order valence-electron chi connectivity index (χ2n) is 7.64. The van der Waals surface area contributed by atoms with Crippen molar-refractivity contribution >= 4 is 22.8 Å². The maximum absolute atomic E-state index is 13.7. The number of H-pyrrole nitrogens is 1. The number of nitrogens with one attached hydrogen (secondary N) is 2. The van der Waals surface area contributed by atoms with Crippen LogP contribution in [0.25, 0.3) is 22.3 Å². The first-order valence-corrected chi connectivity index (χ1v) is 9.95. The van der Waals surface area contributed by atoms with Crippen molar-refractivity contribution in [1.29, 1.82) is 0 Å². The lowest BCUT2D eigenvalue weighted by atomic mass is 10.1. The van der Waals surface area contributed by atoms with Crippen LogP contribution in [-0.4, -0.2) is 31.6 Å². The zero-order chi connectivity index (χ0) is 22.1. The molecule has 0 spiro atoms. The van der Waals surface area contributed by atoms with E-state index in [0.29, 0.717) is 28.3 Å². The summed E-state index contributed by atoms with van der Waals surface area (Å²) >= 11 is 0. The Morgan fingerprint density at radius 2 is 1.97 bits per heavy atom. The maximum atomic E-state index is 13.7.